The van der Waals surface area contributed by atoms with Crippen LogP contribution in [0, 0.1) is 0 Å². The Morgan fingerprint density at radius 3 is 2.80 bits per heavy atom. The van der Waals surface area contributed by atoms with Crippen molar-refractivity contribution < 1.29 is 14.7 Å². The highest BCUT2D eigenvalue weighted by Crippen LogP contribution is 2.18. The Morgan fingerprint density at radius 1 is 1.30 bits per heavy atom. The van der Waals surface area contributed by atoms with Crippen LogP contribution in [0.5, 0.6) is 0 Å². The molecule has 0 bridgehead atoms. The highest BCUT2D eigenvalue weighted by molar-refractivity contribution is 5.95. The number of nitrogens with one attached hydrogen (secondary N) is 2. The SMILES string of the molecule is O=C(O)CCc1ccccc1NC(=O)[C@H]1CCCCN1. The molecule has 3 N–H and O–H groups in total. The molecule has 1 heterocycles. The third kappa shape index (κ3) is 4.06. The van der Waals surface area contributed by atoms with Crippen molar-refractivity contribution in [2.45, 2.75) is 38.1 Å². The van der Waals surface area contributed by atoms with Gasteiger partial charge in [0.05, 0.1) is 6.04 Å². The molecule has 5 heteroatoms. The number of aliphatic carboxylic acids is 1. The van der Waals surface area contributed by atoms with E-state index >= 15 is 0 Å². The van der Waals surface area contributed by atoms with Crippen LogP contribution in [0.3, 0.4) is 0 Å². The Labute approximate surface area is 118 Å². The maximum Gasteiger partial charge on any atom is 0.303 e. The van der Waals surface area contributed by atoms with E-state index in [0.717, 1.165) is 31.4 Å². The number of benzene rings is 1. The lowest BCUT2D eigenvalue weighted by Gasteiger charge is -2.23. The molecule has 0 aromatic heterocycles. The molecule has 2 rings (SSSR count). The van der Waals surface area contributed by atoms with Gasteiger partial charge in [-0.15, -0.1) is 0 Å². The summed E-state index contributed by atoms with van der Waals surface area (Å²) < 4.78 is 0. The largest absolute Gasteiger partial charge is 0.481 e. The maximum absolute atomic E-state index is 12.2. The summed E-state index contributed by atoms with van der Waals surface area (Å²) in [7, 11) is 0. The van der Waals surface area contributed by atoms with Crippen molar-refractivity contribution in [1.29, 1.82) is 0 Å². The number of amides is 1. The summed E-state index contributed by atoms with van der Waals surface area (Å²) in [4.78, 5) is 22.8. The first kappa shape index (κ1) is 14.5. The Kier molecular flexibility index (Phi) is 5.12. The molecule has 108 valence electrons. The number of carboxylic acids is 1. The molecule has 0 aliphatic carbocycles. The molecule has 1 amide bonds. The number of carbonyl (C=O) groups excluding carboxylic acids is 1. The van der Waals surface area contributed by atoms with Crippen LogP contribution >= 0.6 is 0 Å². The van der Waals surface area contributed by atoms with Crippen molar-refractivity contribution in [3.05, 3.63) is 29.8 Å². The smallest absolute Gasteiger partial charge is 0.303 e. The molecule has 1 saturated heterocycles. The summed E-state index contributed by atoms with van der Waals surface area (Å²) >= 11 is 0. The van der Waals surface area contributed by atoms with E-state index in [-0.39, 0.29) is 18.4 Å². The molecule has 1 atom stereocenters. The van der Waals surface area contributed by atoms with E-state index < -0.39 is 5.97 Å². The standard InChI is InChI=1S/C15H20N2O3/c18-14(19)9-8-11-5-1-2-6-12(11)17-15(20)13-7-3-4-10-16-13/h1-2,5-6,13,16H,3-4,7-10H2,(H,17,20)(H,18,19)/t13-/m1/s1. The molecular formula is C15H20N2O3. The van der Waals surface area contributed by atoms with Gasteiger partial charge >= 0.3 is 5.97 Å². The van der Waals surface area contributed by atoms with Crippen molar-refractivity contribution in [3.8, 4) is 0 Å². The number of rotatable bonds is 5. The molecule has 5 nitrogen and oxygen atoms in total. The van der Waals surface area contributed by atoms with E-state index in [1.165, 1.54) is 0 Å². The molecule has 20 heavy (non-hydrogen) atoms. The van der Waals surface area contributed by atoms with Crippen molar-refractivity contribution >= 4 is 17.6 Å². The summed E-state index contributed by atoms with van der Waals surface area (Å²) in [6, 6.07) is 7.22. The lowest BCUT2D eigenvalue weighted by molar-refractivity contribution is -0.136. The van der Waals surface area contributed by atoms with Gasteiger partial charge in [-0.2, -0.15) is 0 Å². The molecule has 1 aromatic carbocycles. The van der Waals surface area contributed by atoms with Crippen LogP contribution < -0.4 is 10.6 Å². The van der Waals surface area contributed by atoms with E-state index in [2.05, 4.69) is 10.6 Å². The number of hydrogen-bond acceptors (Lipinski definition) is 3. The van der Waals surface area contributed by atoms with Crippen molar-refractivity contribution in [1.82, 2.24) is 5.32 Å². The molecule has 1 aromatic rings. The van der Waals surface area contributed by atoms with Crippen LogP contribution in [0.1, 0.15) is 31.2 Å². The third-order valence-electron chi connectivity index (χ3n) is 3.51. The maximum atomic E-state index is 12.2. The average Bonchev–Trinajstić information content (AvgIpc) is 2.47. The third-order valence-corrected chi connectivity index (χ3v) is 3.51. The second-order valence-electron chi connectivity index (χ2n) is 5.04. The summed E-state index contributed by atoms with van der Waals surface area (Å²) in [6.07, 6.45) is 3.51. The first-order chi connectivity index (χ1) is 9.66. The van der Waals surface area contributed by atoms with Crippen LogP contribution in [-0.4, -0.2) is 29.6 Å². The number of carbonyl (C=O) groups is 2. The molecule has 1 fully saturated rings. The number of aryl methyl sites for hydroxylation is 1. The normalized spacial score (nSPS) is 18.5. The molecule has 0 saturated carbocycles. The Morgan fingerprint density at radius 2 is 2.10 bits per heavy atom. The fraction of sp³-hybridized carbons (Fsp3) is 0.467. The van der Waals surface area contributed by atoms with Gasteiger partial charge in [0.25, 0.3) is 0 Å². The zero-order chi connectivity index (χ0) is 14.4. The van der Waals surface area contributed by atoms with Gasteiger partial charge in [-0.25, -0.2) is 0 Å². The van der Waals surface area contributed by atoms with Gasteiger partial charge in [-0.1, -0.05) is 24.6 Å². The monoisotopic (exact) mass is 276 g/mol. The minimum atomic E-state index is -0.833. The molecule has 0 spiro atoms. The number of carboxylic acid groups (broad SMARTS) is 1. The van der Waals surface area contributed by atoms with Crippen LogP contribution in [-0.2, 0) is 16.0 Å². The first-order valence-corrected chi connectivity index (χ1v) is 7.01. The zero-order valence-electron chi connectivity index (χ0n) is 11.4. The number of hydrogen-bond donors (Lipinski definition) is 3. The molecule has 1 aliphatic rings. The van der Waals surface area contributed by atoms with E-state index in [9.17, 15) is 9.59 Å². The fourth-order valence-corrected chi connectivity index (χ4v) is 2.40. The lowest BCUT2D eigenvalue weighted by Crippen LogP contribution is -2.43. The Bertz CT molecular complexity index is 482. The Balaban J connectivity index is 2.00. The average molecular weight is 276 g/mol. The molecule has 0 unspecified atom stereocenters. The van der Waals surface area contributed by atoms with Gasteiger partial charge in [-0.3, -0.25) is 9.59 Å². The van der Waals surface area contributed by atoms with Gasteiger partial charge in [-0.05, 0) is 37.4 Å². The fourth-order valence-electron chi connectivity index (χ4n) is 2.40. The topological polar surface area (TPSA) is 78.4 Å². The summed E-state index contributed by atoms with van der Waals surface area (Å²) in [5, 5.41) is 14.9. The van der Waals surface area contributed by atoms with Crippen molar-refractivity contribution in [3.63, 3.8) is 0 Å². The van der Waals surface area contributed by atoms with Crippen LogP contribution in [0.2, 0.25) is 0 Å². The minimum absolute atomic E-state index is 0.0347. The summed E-state index contributed by atoms with van der Waals surface area (Å²) in [5.74, 6) is -0.868. The first-order valence-electron chi connectivity index (χ1n) is 7.01. The predicted octanol–water partition coefficient (Wildman–Crippen LogP) is 1.78. The van der Waals surface area contributed by atoms with Gasteiger partial charge in [0.1, 0.15) is 0 Å². The summed E-state index contributed by atoms with van der Waals surface area (Å²) in [5.41, 5.74) is 1.57. The van der Waals surface area contributed by atoms with Crippen molar-refractivity contribution in [2.24, 2.45) is 0 Å². The minimum Gasteiger partial charge on any atom is -0.481 e. The van der Waals surface area contributed by atoms with Crippen molar-refractivity contribution in [2.75, 3.05) is 11.9 Å². The zero-order valence-corrected chi connectivity index (χ0v) is 11.4. The van der Waals surface area contributed by atoms with E-state index in [4.69, 9.17) is 5.11 Å². The number of anilines is 1. The quantitative estimate of drug-likeness (QED) is 0.766. The second kappa shape index (κ2) is 7.05. The van der Waals surface area contributed by atoms with Crippen LogP contribution in [0.15, 0.2) is 24.3 Å². The highest BCUT2D eigenvalue weighted by atomic mass is 16.4. The second-order valence-corrected chi connectivity index (χ2v) is 5.04. The summed E-state index contributed by atoms with van der Waals surface area (Å²) in [6.45, 7) is 0.874. The van der Waals surface area contributed by atoms with E-state index in [1.807, 2.05) is 24.3 Å². The Hall–Kier alpha value is -1.88. The van der Waals surface area contributed by atoms with E-state index in [1.54, 1.807) is 0 Å². The number of piperidine rings is 1. The van der Waals surface area contributed by atoms with Gasteiger partial charge in [0.2, 0.25) is 5.91 Å². The van der Waals surface area contributed by atoms with E-state index in [0.29, 0.717) is 12.1 Å². The molecule has 1 aliphatic heterocycles. The molecular weight excluding hydrogens is 256 g/mol. The van der Waals surface area contributed by atoms with Gasteiger partial charge in [0.15, 0.2) is 0 Å². The van der Waals surface area contributed by atoms with Crippen LogP contribution in [0.25, 0.3) is 0 Å². The molecule has 0 radical (unpaired) electrons. The van der Waals surface area contributed by atoms with Crippen LogP contribution in [0.4, 0.5) is 5.69 Å². The predicted molar refractivity (Wildman–Crippen MR) is 76.7 cm³/mol. The van der Waals surface area contributed by atoms with Gasteiger partial charge < -0.3 is 15.7 Å². The highest BCUT2D eigenvalue weighted by Gasteiger charge is 2.21. The van der Waals surface area contributed by atoms with Gasteiger partial charge in [0, 0.05) is 12.1 Å². The lowest BCUT2D eigenvalue weighted by atomic mass is 10.0. The number of para-hydroxylation sites is 1.